The summed E-state index contributed by atoms with van der Waals surface area (Å²) in [6.45, 7) is 0. The third kappa shape index (κ3) is 2.05. The van der Waals surface area contributed by atoms with Crippen molar-refractivity contribution < 1.29 is 9.53 Å². The van der Waals surface area contributed by atoms with Crippen LogP contribution in [-0.2, 0) is 4.74 Å². The van der Waals surface area contributed by atoms with Gasteiger partial charge in [0.1, 0.15) is 0 Å². The maximum atomic E-state index is 11.3. The number of amides is 2. The minimum atomic E-state index is -0.127. The van der Waals surface area contributed by atoms with Crippen molar-refractivity contribution in [2.45, 2.75) is 25.0 Å². The van der Waals surface area contributed by atoms with Crippen LogP contribution in [0.1, 0.15) is 35.4 Å². The fourth-order valence-corrected chi connectivity index (χ4v) is 3.16. The minimum absolute atomic E-state index is 0.118. The van der Waals surface area contributed by atoms with Gasteiger partial charge in [0, 0.05) is 19.0 Å². The standard InChI is InChI=1S/C11H16N2O2S/c1-12-11(14)13-8-3-4-9(15-2)10-7(8)5-6-16-10/h5-6,8-9H,3-4H2,1-2H3,(H2,12,13,14). The molecule has 1 aromatic rings. The van der Waals surface area contributed by atoms with Gasteiger partial charge in [0.15, 0.2) is 0 Å². The summed E-state index contributed by atoms with van der Waals surface area (Å²) in [4.78, 5) is 12.6. The summed E-state index contributed by atoms with van der Waals surface area (Å²) in [5.74, 6) is 0. The van der Waals surface area contributed by atoms with Crippen molar-refractivity contribution in [3.63, 3.8) is 0 Å². The Balaban J connectivity index is 2.17. The van der Waals surface area contributed by atoms with Gasteiger partial charge in [-0.1, -0.05) is 0 Å². The van der Waals surface area contributed by atoms with Crippen molar-refractivity contribution in [1.82, 2.24) is 10.6 Å². The van der Waals surface area contributed by atoms with Crippen LogP contribution in [0.15, 0.2) is 11.4 Å². The van der Waals surface area contributed by atoms with E-state index in [9.17, 15) is 4.79 Å². The Labute approximate surface area is 99.0 Å². The highest BCUT2D eigenvalue weighted by atomic mass is 32.1. The summed E-state index contributed by atoms with van der Waals surface area (Å²) < 4.78 is 5.44. The normalized spacial score (nSPS) is 23.6. The van der Waals surface area contributed by atoms with Gasteiger partial charge in [0.2, 0.25) is 0 Å². The zero-order valence-electron chi connectivity index (χ0n) is 9.45. The van der Waals surface area contributed by atoms with E-state index in [0.29, 0.717) is 0 Å². The van der Waals surface area contributed by atoms with Gasteiger partial charge in [-0.3, -0.25) is 0 Å². The maximum absolute atomic E-state index is 11.3. The monoisotopic (exact) mass is 240 g/mol. The Morgan fingerprint density at radius 2 is 2.38 bits per heavy atom. The van der Waals surface area contributed by atoms with Gasteiger partial charge in [-0.05, 0) is 29.9 Å². The van der Waals surface area contributed by atoms with Crippen LogP contribution in [0, 0.1) is 0 Å². The first-order valence-electron chi connectivity index (χ1n) is 5.34. The lowest BCUT2D eigenvalue weighted by molar-refractivity contribution is 0.0860. The fraction of sp³-hybridized carbons (Fsp3) is 0.545. The van der Waals surface area contributed by atoms with Gasteiger partial charge in [-0.15, -0.1) is 11.3 Å². The molecular formula is C11H16N2O2S. The van der Waals surface area contributed by atoms with Crippen LogP contribution >= 0.6 is 11.3 Å². The van der Waals surface area contributed by atoms with Gasteiger partial charge in [0.25, 0.3) is 0 Å². The number of hydrogen-bond donors (Lipinski definition) is 2. The number of nitrogens with one attached hydrogen (secondary N) is 2. The van der Waals surface area contributed by atoms with Crippen LogP contribution in [0.25, 0.3) is 0 Å². The van der Waals surface area contributed by atoms with Crippen LogP contribution in [-0.4, -0.2) is 20.2 Å². The molecule has 5 heteroatoms. The first kappa shape index (κ1) is 11.4. The third-order valence-electron chi connectivity index (χ3n) is 2.93. The molecule has 0 bridgehead atoms. The summed E-state index contributed by atoms with van der Waals surface area (Å²) >= 11 is 1.70. The predicted molar refractivity (Wildman–Crippen MR) is 63.6 cm³/mol. The number of rotatable bonds is 2. The molecule has 0 saturated carbocycles. The molecule has 0 spiro atoms. The topological polar surface area (TPSA) is 50.4 Å². The summed E-state index contributed by atoms with van der Waals surface area (Å²) in [7, 11) is 3.37. The molecule has 1 aliphatic rings. The molecular weight excluding hydrogens is 224 g/mol. The number of carbonyl (C=O) groups is 1. The SMILES string of the molecule is CNC(=O)NC1CCC(OC)c2sccc21. The van der Waals surface area contributed by atoms with Gasteiger partial charge in [-0.2, -0.15) is 0 Å². The zero-order valence-corrected chi connectivity index (χ0v) is 10.3. The molecule has 2 rings (SSSR count). The van der Waals surface area contributed by atoms with E-state index >= 15 is 0 Å². The summed E-state index contributed by atoms with van der Waals surface area (Å²) in [6.07, 6.45) is 2.08. The number of ether oxygens (including phenoxy) is 1. The fourth-order valence-electron chi connectivity index (χ4n) is 2.09. The Bertz CT molecular complexity index is 378. The largest absolute Gasteiger partial charge is 0.376 e. The second-order valence-corrected chi connectivity index (χ2v) is 4.77. The Hall–Kier alpha value is -1.07. The van der Waals surface area contributed by atoms with Crippen molar-refractivity contribution in [2.24, 2.45) is 0 Å². The molecule has 16 heavy (non-hydrogen) atoms. The first-order chi connectivity index (χ1) is 7.76. The molecule has 0 saturated heterocycles. The van der Waals surface area contributed by atoms with E-state index in [2.05, 4.69) is 22.1 Å². The third-order valence-corrected chi connectivity index (χ3v) is 3.95. The van der Waals surface area contributed by atoms with Crippen LogP contribution < -0.4 is 10.6 Å². The summed E-state index contributed by atoms with van der Waals surface area (Å²) in [5, 5.41) is 7.60. The second kappa shape index (κ2) is 4.84. The Morgan fingerprint density at radius 1 is 1.56 bits per heavy atom. The highest BCUT2D eigenvalue weighted by molar-refractivity contribution is 7.10. The molecule has 2 amide bonds. The van der Waals surface area contributed by atoms with Crippen LogP contribution in [0.2, 0.25) is 0 Å². The van der Waals surface area contributed by atoms with Crippen molar-refractivity contribution in [3.8, 4) is 0 Å². The van der Waals surface area contributed by atoms with Crippen LogP contribution in [0.4, 0.5) is 4.79 Å². The van der Waals surface area contributed by atoms with E-state index in [1.165, 1.54) is 10.4 Å². The summed E-state index contributed by atoms with van der Waals surface area (Å²) in [6, 6.07) is 2.07. The number of fused-ring (bicyclic) bond motifs is 1. The van der Waals surface area contributed by atoms with E-state index in [0.717, 1.165) is 12.8 Å². The number of thiophene rings is 1. The van der Waals surface area contributed by atoms with E-state index in [1.807, 2.05) is 0 Å². The molecule has 88 valence electrons. The molecule has 0 aliphatic heterocycles. The quantitative estimate of drug-likeness (QED) is 0.832. The lowest BCUT2D eigenvalue weighted by atomic mass is 9.92. The molecule has 0 radical (unpaired) electrons. The number of methoxy groups -OCH3 is 1. The van der Waals surface area contributed by atoms with Gasteiger partial charge < -0.3 is 15.4 Å². The van der Waals surface area contributed by atoms with Gasteiger partial charge >= 0.3 is 6.03 Å². The molecule has 0 aromatic carbocycles. The Kier molecular flexibility index (Phi) is 3.46. The molecule has 1 heterocycles. The molecule has 2 N–H and O–H groups in total. The van der Waals surface area contributed by atoms with E-state index in [4.69, 9.17) is 4.74 Å². The highest BCUT2D eigenvalue weighted by Gasteiger charge is 2.28. The number of carbonyl (C=O) groups excluding carboxylic acids is 1. The minimum Gasteiger partial charge on any atom is -0.376 e. The van der Waals surface area contributed by atoms with Gasteiger partial charge in [-0.25, -0.2) is 4.79 Å². The molecule has 2 atom stereocenters. The van der Waals surface area contributed by atoms with Crippen LogP contribution in [0.3, 0.4) is 0 Å². The average Bonchev–Trinajstić information content (AvgIpc) is 2.78. The smallest absolute Gasteiger partial charge is 0.315 e. The Morgan fingerprint density at radius 3 is 3.06 bits per heavy atom. The molecule has 0 fully saturated rings. The highest BCUT2D eigenvalue weighted by Crippen LogP contribution is 2.40. The lowest BCUT2D eigenvalue weighted by Gasteiger charge is -2.28. The molecule has 2 unspecified atom stereocenters. The van der Waals surface area contributed by atoms with Crippen molar-refractivity contribution in [3.05, 3.63) is 21.9 Å². The molecule has 1 aromatic heterocycles. The molecule has 1 aliphatic carbocycles. The van der Waals surface area contributed by atoms with E-state index in [1.54, 1.807) is 25.5 Å². The molecule has 4 nitrogen and oxygen atoms in total. The number of urea groups is 1. The van der Waals surface area contributed by atoms with E-state index in [-0.39, 0.29) is 18.2 Å². The first-order valence-corrected chi connectivity index (χ1v) is 6.22. The number of hydrogen-bond acceptors (Lipinski definition) is 3. The zero-order chi connectivity index (χ0) is 11.5. The lowest BCUT2D eigenvalue weighted by Crippen LogP contribution is -2.37. The van der Waals surface area contributed by atoms with Crippen molar-refractivity contribution in [1.29, 1.82) is 0 Å². The second-order valence-electron chi connectivity index (χ2n) is 3.82. The average molecular weight is 240 g/mol. The van der Waals surface area contributed by atoms with Gasteiger partial charge in [0.05, 0.1) is 12.1 Å². The summed E-state index contributed by atoms with van der Waals surface area (Å²) in [5.41, 5.74) is 1.20. The van der Waals surface area contributed by atoms with Crippen molar-refractivity contribution in [2.75, 3.05) is 14.2 Å². The van der Waals surface area contributed by atoms with Crippen LogP contribution in [0.5, 0.6) is 0 Å². The van der Waals surface area contributed by atoms with E-state index < -0.39 is 0 Å². The maximum Gasteiger partial charge on any atom is 0.315 e. The van der Waals surface area contributed by atoms with Crippen molar-refractivity contribution >= 4 is 17.4 Å². The predicted octanol–water partition coefficient (Wildman–Crippen LogP) is 2.20.